The van der Waals surface area contributed by atoms with E-state index in [4.69, 9.17) is 0 Å². The summed E-state index contributed by atoms with van der Waals surface area (Å²) in [7, 11) is 4.97. The van der Waals surface area contributed by atoms with Gasteiger partial charge in [-0.1, -0.05) is 0 Å². The van der Waals surface area contributed by atoms with Crippen LogP contribution in [0, 0.1) is 0 Å². The van der Waals surface area contributed by atoms with Gasteiger partial charge in [0.05, 0.1) is 6.33 Å². The van der Waals surface area contributed by atoms with Crippen molar-refractivity contribution >= 4 is 17.1 Å². The maximum atomic E-state index is 12.6. The lowest BCUT2D eigenvalue weighted by molar-refractivity contribution is -0.133. The number of carbonyl (C=O) groups is 1. The number of hydrogen-bond donors (Lipinski definition) is 1. The Balaban J connectivity index is 1.95. The van der Waals surface area contributed by atoms with Crippen molar-refractivity contribution in [1.82, 2.24) is 28.9 Å². The third-order valence-electron chi connectivity index (χ3n) is 4.74. The van der Waals surface area contributed by atoms with E-state index in [2.05, 4.69) is 10.3 Å². The van der Waals surface area contributed by atoms with E-state index < -0.39 is 11.2 Å². The van der Waals surface area contributed by atoms with Crippen LogP contribution in [0.5, 0.6) is 0 Å². The second kappa shape index (κ2) is 6.23. The van der Waals surface area contributed by atoms with Crippen molar-refractivity contribution in [1.29, 1.82) is 0 Å². The highest BCUT2D eigenvalue weighted by Gasteiger charge is 2.24. The van der Waals surface area contributed by atoms with E-state index in [1.165, 1.54) is 10.9 Å². The molecule has 0 radical (unpaired) electrons. The molecule has 0 saturated carbocycles. The molecule has 9 heteroatoms. The summed E-state index contributed by atoms with van der Waals surface area (Å²) in [6.07, 6.45) is 3.23. The van der Waals surface area contributed by atoms with Gasteiger partial charge in [-0.2, -0.15) is 0 Å². The van der Waals surface area contributed by atoms with Crippen LogP contribution in [0.4, 0.5) is 0 Å². The molecular formula is C15H22N6O3. The predicted octanol–water partition coefficient (Wildman–Crippen LogP) is -1.36. The smallest absolute Gasteiger partial charge is 0.332 e. The monoisotopic (exact) mass is 334 g/mol. The molecule has 2 aromatic rings. The lowest BCUT2D eigenvalue weighted by Gasteiger charge is -2.31. The van der Waals surface area contributed by atoms with E-state index in [9.17, 15) is 14.4 Å². The standard InChI is InChI=1S/C15H22N6O3/c1-18-9-17-13-12(18)14(23)21(15(24)20(13)3)8-11(22)19(2)10-4-6-16-7-5-10/h9-10,16H,4-8H2,1-3H3. The van der Waals surface area contributed by atoms with Crippen LogP contribution in [0.3, 0.4) is 0 Å². The van der Waals surface area contributed by atoms with Crippen LogP contribution in [0.1, 0.15) is 12.8 Å². The number of fused-ring (bicyclic) bond motifs is 1. The molecule has 3 rings (SSSR count). The van der Waals surface area contributed by atoms with Gasteiger partial charge in [0.15, 0.2) is 11.2 Å². The quantitative estimate of drug-likeness (QED) is 0.748. The number of nitrogens with zero attached hydrogens (tertiary/aromatic N) is 5. The van der Waals surface area contributed by atoms with Gasteiger partial charge in [0.1, 0.15) is 6.54 Å². The number of hydrogen-bond acceptors (Lipinski definition) is 5. The highest BCUT2D eigenvalue weighted by Crippen LogP contribution is 2.10. The minimum atomic E-state index is -0.529. The van der Waals surface area contributed by atoms with Crippen LogP contribution < -0.4 is 16.6 Å². The van der Waals surface area contributed by atoms with Crippen molar-refractivity contribution in [3.05, 3.63) is 27.2 Å². The molecular weight excluding hydrogens is 312 g/mol. The summed E-state index contributed by atoms with van der Waals surface area (Å²) >= 11 is 0. The molecule has 3 heterocycles. The van der Waals surface area contributed by atoms with Crippen LogP contribution in [0.2, 0.25) is 0 Å². The summed E-state index contributed by atoms with van der Waals surface area (Å²) < 4.78 is 3.85. The van der Waals surface area contributed by atoms with Gasteiger partial charge < -0.3 is 14.8 Å². The van der Waals surface area contributed by atoms with Gasteiger partial charge in [-0.05, 0) is 25.9 Å². The van der Waals surface area contributed by atoms with Crippen molar-refractivity contribution in [3.8, 4) is 0 Å². The Labute approximate surface area is 138 Å². The molecule has 1 saturated heterocycles. The van der Waals surface area contributed by atoms with Crippen LogP contribution in [0.15, 0.2) is 15.9 Å². The fourth-order valence-corrected chi connectivity index (χ4v) is 3.18. The topological polar surface area (TPSA) is 94.2 Å². The number of likely N-dealkylation sites (N-methyl/N-ethyl adjacent to an activating group) is 1. The van der Waals surface area contributed by atoms with Crippen LogP contribution in [-0.2, 0) is 25.4 Å². The van der Waals surface area contributed by atoms with Crippen molar-refractivity contribution in [2.45, 2.75) is 25.4 Å². The Bertz CT molecular complexity index is 887. The zero-order valence-corrected chi connectivity index (χ0v) is 14.2. The fraction of sp³-hybridized carbons (Fsp3) is 0.600. The minimum absolute atomic E-state index is 0.138. The minimum Gasteiger partial charge on any atom is -0.341 e. The summed E-state index contributed by atoms with van der Waals surface area (Å²) in [6.45, 7) is 1.48. The van der Waals surface area contributed by atoms with Crippen LogP contribution >= 0.6 is 0 Å². The molecule has 1 fully saturated rings. The summed E-state index contributed by atoms with van der Waals surface area (Å²) in [4.78, 5) is 43.4. The molecule has 0 spiro atoms. The largest absolute Gasteiger partial charge is 0.341 e. The summed E-state index contributed by atoms with van der Waals surface area (Å²) in [5, 5.41) is 3.25. The molecule has 9 nitrogen and oxygen atoms in total. The maximum Gasteiger partial charge on any atom is 0.332 e. The fourth-order valence-electron chi connectivity index (χ4n) is 3.18. The first-order valence-electron chi connectivity index (χ1n) is 7.99. The molecule has 0 unspecified atom stereocenters. The second-order valence-corrected chi connectivity index (χ2v) is 6.25. The number of rotatable bonds is 3. The zero-order chi connectivity index (χ0) is 17.4. The number of aromatic nitrogens is 4. The number of amides is 1. The number of piperidine rings is 1. The maximum absolute atomic E-state index is 12.6. The Hall–Kier alpha value is -2.42. The van der Waals surface area contributed by atoms with E-state index in [0.717, 1.165) is 30.5 Å². The van der Waals surface area contributed by atoms with Gasteiger partial charge in [-0.15, -0.1) is 0 Å². The van der Waals surface area contributed by atoms with E-state index in [0.29, 0.717) is 11.2 Å². The average molecular weight is 334 g/mol. The SMILES string of the molecule is CN(C(=O)Cn1c(=O)c2c(ncn2C)n(C)c1=O)C1CCNCC1. The summed E-state index contributed by atoms with van der Waals surface area (Å²) in [5.74, 6) is -0.234. The lowest BCUT2D eigenvalue weighted by atomic mass is 10.1. The third-order valence-corrected chi connectivity index (χ3v) is 4.74. The Morgan fingerprint density at radius 1 is 1.33 bits per heavy atom. The first-order chi connectivity index (χ1) is 11.4. The summed E-state index contributed by atoms with van der Waals surface area (Å²) in [5.41, 5.74) is -0.379. The van der Waals surface area contributed by atoms with Gasteiger partial charge in [0, 0.05) is 27.2 Å². The molecule has 1 N–H and O–H groups in total. The lowest BCUT2D eigenvalue weighted by Crippen LogP contribution is -2.48. The molecule has 24 heavy (non-hydrogen) atoms. The molecule has 1 aliphatic heterocycles. The van der Waals surface area contributed by atoms with E-state index in [-0.39, 0.29) is 18.5 Å². The molecule has 0 aromatic carbocycles. The van der Waals surface area contributed by atoms with E-state index >= 15 is 0 Å². The molecule has 1 amide bonds. The van der Waals surface area contributed by atoms with Gasteiger partial charge in [-0.25, -0.2) is 14.3 Å². The normalized spacial score (nSPS) is 15.8. The predicted molar refractivity (Wildman–Crippen MR) is 88.9 cm³/mol. The molecule has 1 aliphatic rings. The van der Waals surface area contributed by atoms with Gasteiger partial charge in [-0.3, -0.25) is 14.2 Å². The number of aryl methyl sites for hydroxylation is 2. The van der Waals surface area contributed by atoms with E-state index in [1.807, 2.05) is 0 Å². The van der Waals surface area contributed by atoms with E-state index in [1.54, 1.807) is 30.6 Å². The third kappa shape index (κ3) is 2.64. The summed E-state index contributed by atoms with van der Waals surface area (Å²) in [6, 6.07) is 0.138. The molecule has 0 atom stereocenters. The molecule has 2 aromatic heterocycles. The second-order valence-electron chi connectivity index (χ2n) is 6.25. The zero-order valence-electron chi connectivity index (χ0n) is 14.2. The van der Waals surface area contributed by atoms with Crippen molar-refractivity contribution in [2.24, 2.45) is 14.1 Å². The Morgan fingerprint density at radius 3 is 2.67 bits per heavy atom. The molecule has 130 valence electrons. The highest BCUT2D eigenvalue weighted by atomic mass is 16.2. The van der Waals surface area contributed by atoms with Crippen molar-refractivity contribution in [2.75, 3.05) is 20.1 Å². The number of nitrogens with one attached hydrogen (secondary N) is 1. The number of carbonyl (C=O) groups excluding carboxylic acids is 1. The Morgan fingerprint density at radius 2 is 2.00 bits per heavy atom. The average Bonchev–Trinajstić information content (AvgIpc) is 2.98. The van der Waals surface area contributed by atoms with Crippen LogP contribution in [0.25, 0.3) is 11.2 Å². The van der Waals surface area contributed by atoms with Gasteiger partial charge in [0.2, 0.25) is 5.91 Å². The van der Waals surface area contributed by atoms with Gasteiger partial charge in [0.25, 0.3) is 5.56 Å². The molecule has 0 bridgehead atoms. The molecule has 0 aliphatic carbocycles. The van der Waals surface area contributed by atoms with Crippen molar-refractivity contribution < 1.29 is 4.79 Å². The van der Waals surface area contributed by atoms with Gasteiger partial charge >= 0.3 is 5.69 Å². The first-order valence-corrected chi connectivity index (χ1v) is 7.99. The Kier molecular flexibility index (Phi) is 4.27. The first kappa shape index (κ1) is 16.4. The highest BCUT2D eigenvalue weighted by molar-refractivity contribution is 5.77. The number of imidazole rings is 1. The van der Waals surface area contributed by atoms with Crippen LogP contribution in [-0.4, -0.2) is 55.7 Å². The van der Waals surface area contributed by atoms with Crippen molar-refractivity contribution in [3.63, 3.8) is 0 Å².